The van der Waals surface area contributed by atoms with Crippen LogP contribution in [-0.4, -0.2) is 54.4 Å². The first-order valence-corrected chi connectivity index (χ1v) is 9.26. The second-order valence-electron chi connectivity index (χ2n) is 6.69. The van der Waals surface area contributed by atoms with Crippen molar-refractivity contribution in [2.24, 2.45) is 0 Å². The first-order valence-electron chi connectivity index (χ1n) is 8.88. The molecular formula is C19H23ClN2O6. The summed E-state index contributed by atoms with van der Waals surface area (Å²) in [5.41, 5.74) is -0.774. The Morgan fingerprint density at radius 3 is 2.61 bits per heavy atom. The molecule has 28 heavy (non-hydrogen) atoms. The van der Waals surface area contributed by atoms with Gasteiger partial charge in [-0.1, -0.05) is 31.4 Å². The number of hydrogen-bond donors (Lipinski definition) is 1. The number of nitrogens with zero attached hydrogens (tertiary/aromatic N) is 1. The summed E-state index contributed by atoms with van der Waals surface area (Å²) in [4.78, 5) is 49.5. The van der Waals surface area contributed by atoms with Gasteiger partial charge in [-0.3, -0.25) is 19.3 Å². The van der Waals surface area contributed by atoms with Gasteiger partial charge in [-0.25, -0.2) is 4.79 Å². The summed E-state index contributed by atoms with van der Waals surface area (Å²) < 4.78 is 9.94. The topological polar surface area (TPSA) is 102 Å². The third-order valence-corrected chi connectivity index (χ3v) is 4.80. The van der Waals surface area contributed by atoms with Crippen LogP contribution in [0, 0.1) is 0 Å². The molecule has 0 saturated carbocycles. The van der Waals surface area contributed by atoms with Gasteiger partial charge in [0.05, 0.1) is 12.1 Å². The van der Waals surface area contributed by atoms with Crippen molar-refractivity contribution in [3.05, 3.63) is 28.8 Å². The van der Waals surface area contributed by atoms with Crippen molar-refractivity contribution in [2.45, 2.75) is 38.6 Å². The van der Waals surface area contributed by atoms with Crippen LogP contribution in [-0.2, 0) is 14.3 Å². The van der Waals surface area contributed by atoms with E-state index in [0.29, 0.717) is 12.2 Å². The minimum absolute atomic E-state index is 0.251. The molecular weight excluding hydrogens is 388 g/mol. The number of urea groups is 1. The van der Waals surface area contributed by atoms with Gasteiger partial charge in [0.25, 0.3) is 5.91 Å². The van der Waals surface area contributed by atoms with Gasteiger partial charge in [0.2, 0.25) is 0 Å². The van der Waals surface area contributed by atoms with Gasteiger partial charge in [-0.05, 0) is 31.5 Å². The van der Waals surface area contributed by atoms with E-state index in [4.69, 9.17) is 21.1 Å². The molecule has 1 saturated heterocycles. The number of carbonyl (C=O) groups is 4. The molecule has 1 aromatic rings. The lowest BCUT2D eigenvalue weighted by atomic mass is 9.95. The van der Waals surface area contributed by atoms with Gasteiger partial charge in [-0.15, -0.1) is 0 Å². The number of benzene rings is 1. The number of halogens is 1. The number of methoxy groups -OCH3 is 1. The van der Waals surface area contributed by atoms with Gasteiger partial charge in [0.15, 0.2) is 12.4 Å². The zero-order chi connectivity index (χ0) is 20.9. The van der Waals surface area contributed by atoms with Crippen LogP contribution >= 0.6 is 11.6 Å². The van der Waals surface area contributed by atoms with Gasteiger partial charge in [0, 0.05) is 5.56 Å². The molecule has 1 atom stereocenters. The lowest BCUT2D eigenvalue weighted by Gasteiger charge is -2.21. The second-order valence-corrected chi connectivity index (χ2v) is 7.10. The number of unbranched alkanes of at least 4 members (excludes halogenated alkanes) is 1. The fourth-order valence-corrected chi connectivity index (χ4v) is 3.09. The Hall–Kier alpha value is -2.61. The van der Waals surface area contributed by atoms with Crippen LogP contribution in [0.1, 0.15) is 43.5 Å². The maximum atomic E-state index is 12.5. The highest BCUT2D eigenvalue weighted by Gasteiger charge is 2.47. The van der Waals surface area contributed by atoms with E-state index in [2.05, 4.69) is 5.32 Å². The Morgan fingerprint density at radius 2 is 2.00 bits per heavy atom. The number of hydrogen-bond acceptors (Lipinski definition) is 6. The van der Waals surface area contributed by atoms with Gasteiger partial charge in [0.1, 0.15) is 17.8 Å². The number of carbonyl (C=O) groups excluding carboxylic acids is 4. The van der Waals surface area contributed by atoms with E-state index in [9.17, 15) is 19.2 Å². The number of imide groups is 1. The van der Waals surface area contributed by atoms with E-state index >= 15 is 0 Å². The van der Waals surface area contributed by atoms with Crippen molar-refractivity contribution < 1.29 is 28.7 Å². The van der Waals surface area contributed by atoms with Crippen molar-refractivity contribution >= 4 is 35.3 Å². The summed E-state index contributed by atoms with van der Waals surface area (Å²) in [6.45, 7) is 2.53. The van der Waals surface area contributed by atoms with Crippen LogP contribution in [0.4, 0.5) is 4.79 Å². The Balaban J connectivity index is 1.91. The van der Waals surface area contributed by atoms with E-state index < -0.39 is 42.4 Å². The zero-order valence-electron chi connectivity index (χ0n) is 16.0. The van der Waals surface area contributed by atoms with Crippen LogP contribution < -0.4 is 10.1 Å². The minimum Gasteiger partial charge on any atom is -0.495 e. The molecule has 0 bridgehead atoms. The van der Waals surface area contributed by atoms with Gasteiger partial charge >= 0.3 is 12.0 Å². The molecule has 152 valence electrons. The molecule has 0 spiro atoms. The number of nitrogens with one attached hydrogen (secondary N) is 1. The maximum Gasteiger partial charge on any atom is 0.326 e. The summed E-state index contributed by atoms with van der Waals surface area (Å²) in [6.07, 6.45) is 2.12. The molecule has 1 aliphatic heterocycles. The highest BCUT2D eigenvalue weighted by Crippen LogP contribution is 2.25. The summed E-state index contributed by atoms with van der Waals surface area (Å²) in [7, 11) is 1.45. The lowest BCUT2D eigenvalue weighted by Crippen LogP contribution is -2.44. The summed E-state index contributed by atoms with van der Waals surface area (Å²) in [5.74, 6) is -1.38. The number of amides is 3. The van der Waals surface area contributed by atoms with E-state index in [-0.39, 0.29) is 10.6 Å². The molecule has 0 aromatic heterocycles. The lowest BCUT2D eigenvalue weighted by molar-refractivity contribution is -0.146. The molecule has 1 N–H and O–H groups in total. The van der Waals surface area contributed by atoms with Crippen molar-refractivity contribution in [1.82, 2.24) is 10.2 Å². The number of ether oxygens (including phenoxy) is 2. The maximum absolute atomic E-state index is 12.5. The van der Waals surface area contributed by atoms with E-state index in [1.165, 1.54) is 25.3 Å². The van der Waals surface area contributed by atoms with Crippen molar-refractivity contribution in [3.8, 4) is 5.75 Å². The Kier molecular flexibility index (Phi) is 7.01. The predicted molar refractivity (Wildman–Crippen MR) is 101 cm³/mol. The van der Waals surface area contributed by atoms with Crippen LogP contribution in [0.15, 0.2) is 18.2 Å². The smallest absolute Gasteiger partial charge is 0.326 e. The van der Waals surface area contributed by atoms with Crippen LogP contribution in [0.5, 0.6) is 5.75 Å². The monoisotopic (exact) mass is 410 g/mol. The molecule has 1 aromatic carbocycles. The SMILES string of the molecule is CCCC[C@@]1(C)NC(=O)N(CC(=O)OCC(=O)c2ccc(OC)c(Cl)c2)C1=O. The fraction of sp³-hybridized carbons (Fsp3) is 0.474. The second kappa shape index (κ2) is 9.05. The zero-order valence-corrected chi connectivity index (χ0v) is 16.8. The first kappa shape index (κ1) is 21.7. The van der Waals surface area contributed by atoms with E-state index in [0.717, 1.165) is 17.7 Å². The van der Waals surface area contributed by atoms with E-state index in [1.54, 1.807) is 6.92 Å². The van der Waals surface area contributed by atoms with Crippen molar-refractivity contribution in [1.29, 1.82) is 0 Å². The molecule has 2 rings (SSSR count). The Bertz CT molecular complexity index is 797. The largest absolute Gasteiger partial charge is 0.495 e. The number of rotatable bonds is 9. The fourth-order valence-electron chi connectivity index (χ4n) is 2.83. The molecule has 0 radical (unpaired) electrons. The van der Waals surface area contributed by atoms with Gasteiger partial charge < -0.3 is 14.8 Å². The summed E-state index contributed by atoms with van der Waals surface area (Å²) in [5, 5.41) is 2.87. The van der Waals surface area contributed by atoms with Crippen LogP contribution in [0.2, 0.25) is 5.02 Å². The standard InChI is InChI=1S/C19H23ClN2O6/c1-4-5-8-19(2)17(25)22(18(26)21-19)10-16(24)28-11-14(23)12-6-7-15(27-3)13(20)9-12/h6-7,9H,4-5,8,10-11H2,1-3H3,(H,21,26)/t19-/m1/s1. The van der Waals surface area contributed by atoms with Crippen LogP contribution in [0.25, 0.3) is 0 Å². The van der Waals surface area contributed by atoms with E-state index in [1.807, 2.05) is 6.92 Å². The number of Topliss-reactive ketones (excluding diaryl/α,β-unsaturated/α-hetero) is 1. The normalized spacial score (nSPS) is 18.8. The highest BCUT2D eigenvalue weighted by atomic mass is 35.5. The Morgan fingerprint density at radius 1 is 1.29 bits per heavy atom. The first-order chi connectivity index (χ1) is 13.2. The predicted octanol–water partition coefficient (Wildman–Crippen LogP) is 2.58. The number of ketones is 1. The quantitative estimate of drug-likeness (QED) is 0.381. The van der Waals surface area contributed by atoms with Gasteiger partial charge in [-0.2, -0.15) is 0 Å². The number of esters is 1. The molecule has 3 amide bonds. The van der Waals surface area contributed by atoms with Crippen LogP contribution in [0.3, 0.4) is 0 Å². The third kappa shape index (κ3) is 4.81. The van der Waals surface area contributed by atoms with Crippen molar-refractivity contribution in [2.75, 3.05) is 20.3 Å². The molecule has 1 fully saturated rings. The van der Waals surface area contributed by atoms with Crippen molar-refractivity contribution in [3.63, 3.8) is 0 Å². The summed E-state index contributed by atoms with van der Waals surface area (Å²) >= 11 is 5.97. The molecule has 0 unspecified atom stereocenters. The third-order valence-electron chi connectivity index (χ3n) is 4.50. The molecule has 0 aliphatic carbocycles. The molecule has 1 aliphatic rings. The highest BCUT2D eigenvalue weighted by molar-refractivity contribution is 6.32. The summed E-state index contributed by atoms with van der Waals surface area (Å²) in [6, 6.07) is 3.79. The average molecular weight is 411 g/mol. The molecule has 9 heteroatoms. The molecule has 8 nitrogen and oxygen atoms in total. The molecule has 1 heterocycles. The minimum atomic E-state index is -1.02. The average Bonchev–Trinajstić information content (AvgIpc) is 2.87. The Labute approximate surface area is 168 Å².